The van der Waals surface area contributed by atoms with E-state index in [1.807, 2.05) is 48.1 Å². The second kappa shape index (κ2) is 8.99. The van der Waals surface area contributed by atoms with E-state index in [1.165, 1.54) is 0 Å². The van der Waals surface area contributed by atoms with E-state index in [4.69, 9.17) is 4.74 Å². The van der Waals surface area contributed by atoms with Crippen molar-refractivity contribution in [3.05, 3.63) is 83.9 Å². The molecule has 0 aliphatic rings. The molecule has 2 aromatic carbocycles. The smallest absolute Gasteiger partial charge is 0.255 e. The van der Waals surface area contributed by atoms with E-state index in [2.05, 4.69) is 25.9 Å². The summed E-state index contributed by atoms with van der Waals surface area (Å²) >= 11 is 0. The third-order valence-electron chi connectivity index (χ3n) is 4.48. The monoisotopic (exact) mass is 403 g/mol. The molecule has 0 aliphatic carbocycles. The summed E-state index contributed by atoms with van der Waals surface area (Å²) in [7, 11) is 0. The second-order valence-corrected chi connectivity index (χ2v) is 6.58. The Morgan fingerprint density at radius 2 is 2.00 bits per heavy atom. The quantitative estimate of drug-likeness (QED) is 0.486. The third kappa shape index (κ3) is 4.69. The molecule has 0 aliphatic heterocycles. The highest BCUT2D eigenvalue weighted by atomic mass is 16.5. The highest BCUT2D eigenvalue weighted by Crippen LogP contribution is 2.16. The van der Waals surface area contributed by atoms with Crippen molar-refractivity contribution in [3.8, 4) is 5.75 Å². The molecule has 1 amide bonds. The highest BCUT2D eigenvalue weighted by molar-refractivity contribution is 6.04. The van der Waals surface area contributed by atoms with Gasteiger partial charge in [0.05, 0.1) is 6.54 Å². The van der Waals surface area contributed by atoms with E-state index < -0.39 is 0 Å². The van der Waals surface area contributed by atoms with Crippen LogP contribution in [0.4, 0.5) is 5.69 Å². The molecule has 0 spiro atoms. The lowest BCUT2D eigenvalue weighted by atomic mass is 10.1. The highest BCUT2D eigenvalue weighted by Gasteiger charge is 2.09. The summed E-state index contributed by atoms with van der Waals surface area (Å²) < 4.78 is 9.21. The molecule has 0 unspecified atom stereocenters. The van der Waals surface area contributed by atoms with Crippen molar-refractivity contribution in [1.29, 1.82) is 0 Å². The molecular weight excluding hydrogens is 382 g/mol. The minimum atomic E-state index is -0.187. The molecule has 0 saturated heterocycles. The Hall–Kier alpha value is -4.01. The number of carbonyl (C=O) groups excluding carboxylic acids is 1. The van der Waals surface area contributed by atoms with Gasteiger partial charge < -0.3 is 10.1 Å². The van der Waals surface area contributed by atoms with Gasteiger partial charge in [0.2, 0.25) is 0 Å². The average Bonchev–Trinajstić information content (AvgIpc) is 3.44. The number of ether oxygens (including phenoxy) is 1. The molecule has 0 fully saturated rings. The second-order valence-electron chi connectivity index (χ2n) is 6.58. The van der Waals surface area contributed by atoms with Gasteiger partial charge in [-0.15, -0.1) is 5.10 Å². The zero-order valence-corrected chi connectivity index (χ0v) is 16.5. The molecule has 2 heterocycles. The maximum atomic E-state index is 12.6. The van der Waals surface area contributed by atoms with Gasteiger partial charge in [-0.2, -0.15) is 5.10 Å². The van der Waals surface area contributed by atoms with Gasteiger partial charge in [0.25, 0.3) is 5.91 Å². The first kappa shape index (κ1) is 19.3. The van der Waals surface area contributed by atoms with Crippen LogP contribution >= 0.6 is 0 Å². The molecule has 4 aromatic rings. The predicted molar refractivity (Wildman–Crippen MR) is 110 cm³/mol. The lowest BCUT2D eigenvalue weighted by molar-refractivity contribution is 0.102. The molecule has 0 saturated carbocycles. The normalized spacial score (nSPS) is 10.7. The topological polar surface area (TPSA) is 99.8 Å². The van der Waals surface area contributed by atoms with Crippen LogP contribution in [0.1, 0.15) is 28.7 Å². The largest absolute Gasteiger partial charge is 0.486 e. The van der Waals surface area contributed by atoms with Crippen LogP contribution in [0.15, 0.2) is 67.0 Å². The van der Waals surface area contributed by atoms with Crippen LogP contribution in [0.5, 0.6) is 5.75 Å². The van der Waals surface area contributed by atoms with Gasteiger partial charge in [-0.1, -0.05) is 12.1 Å². The summed E-state index contributed by atoms with van der Waals surface area (Å²) in [4.78, 5) is 12.6. The van der Waals surface area contributed by atoms with Crippen LogP contribution in [0.3, 0.4) is 0 Å². The number of amides is 1. The Bertz CT molecular complexity index is 1100. The van der Waals surface area contributed by atoms with Crippen LogP contribution in [0.25, 0.3) is 0 Å². The van der Waals surface area contributed by atoms with Crippen molar-refractivity contribution in [1.82, 2.24) is 30.0 Å². The van der Waals surface area contributed by atoms with Gasteiger partial charge in [0, 0.05) is 30.2 Å². The lowest BCUT2D eigenvalue weighted by Crippen LogP contribution is -2.12. The van der Waals surface area contributed by atoms with E-state index in [-0.39, 0.29) is 12.5 Å². The number of aryl methyl sites for hydroxylation is 1. The molecule has 4 rings (SSSR count). The van der Waals surface area contributed by atoms with Crippen molar-refractivity contribution in [2.24, 2.45) is 0 Å². The third-order valence-corrected chi connectivity index (χ3v) is 4.48. The number of anilines is 1. The summed E-state index contributed by atoms with van der Waals surface area (Å²) in [6, 6.07) is 16.5. The van der Waals surface area contributed by atoms with Crippen molar-refractivity contribution in [2.75, 3.05) is 5.32 Å². The Kier molecular flexibility index (Phi) is 5.79. The fourth-order valence-corrected chi connectivity index (χ4v) is 2.95. The maximum Gasteiger partial charge on any atom is 0.255 e. The van der Waals surface area contributed by atoms with Crippen LogP contribution < -0.4 is 10.1 Å². The van der Waals surface area contributed by atoms with Gasteiger partial charge in [0.15, 0.2) is 5.82 Å². The molecule has 30 heavy (non-hydrogen) atoms. The van der Waals surface area contributed by atoms with E-state index >= 15 is 0 Å². The van der Waals surface area contributed by atoms with Crippen LogP contribution in [0, 0.1) is 0 Å². The van der Waals surface area contributed by atoms with E-state index in [9.17, 15) is 4.79 Å². The molecule has 0 bridgehead atoms. The molecule has 2 aromatic heterocycles. The zero-order valence-electron chi connectivity index (χ0n) is 16.5. The number of hydrogen-bond donors (Lipinski definition) is 1. The average molecular weight is 403 g/mol. The van der Waals surface area contributed by atoms with Crippen molar-refractivity contribution in [2.45, 2.75) is 26.6 Å². The van der Waals surface area contributed by atoms with Gasteiger partial charge in [-0.25, -0.2) is 4.68 Å². The number of hydrogen-bond acceptors (Lipinski definition) is 6. The summed E-state index contributed by atoms with van der Waals surface area (Å²) in [6.45, 7) is 3.54. The van der Waals surface area contributed by atoms with Crippen LogP contribution in [-0.4, -0.2) is 35.9 Å². The first-order valence-corrected chi connectivity index (χ1v) is 9.57. The zero-order chi connectivity index (χ0) is 20.8. The molecule has 152 valence electrons. The van der Waals surface area contributed by atoms with Gasteiger partial charge in [0.1, 0.15) is 12.4 Å². The summed E-state index contributed by atoms with van der Waals surface area (Å²) in [5, 5.41) is 18.6. The number of rotatable bonds is 8. The standard InChI is InChI=1S/C21H21N7O2/c1-2-28-20(24-25-26-28)15-30-19-9-7-17(8-10-19)21(29)23-18-6-3-5-16(13-18)14-27-12-4-11-22-27/h3-13H,2,14-15H2,1H3,(H,23,29). The Labute approximate surface area is 173 Å². The fraction of sp³-hybridized carbons (Fsp3) is 0.190. The van der Waals surface area contributed by atoms with Crippen molar-refractivity contribution < 1.29 is 9.53 Å². The van der Waals surface area contributed by atoms with Gasteiger partial charge in [-0.05, 0) is 65.4 Å². The van der Waals surface area contributed by atoms with E-state index in [0.29, 0.717) is 30.2 Å². The Balaban J connectivity index is 1.36. The van der Waals surface area contributed by atoms with Crippen LogP contribution in [0.2, 0.25) is 0 Å². The number of nitrogens with zero attached hydrogens (tertiary/aromatic N) is 6. The summed E-state index contributed by atoms with van der Waals surface area (Å²) in [6.07, 6.45) is 3.64. The lowest BCUT2D eigenvalue weighted by Gasteiger charge is -2.09. The molecule has 1 N–H and O–H groups in total. The van der Waals surface area contributed by atoms with E-state index in [1.54, 1.807) is 35.1 Å². The van der Waals surface area contributed by atoms with Crippen molar-refractivity contribution in [3.63, 3.8) is 0 Å². The van der Waals surface area contributed by atoms with Gasteiger partial charge >= 0.3 is 0 Å². The summed E-state index contributed by atoms with van der Waals surface area (Å²) in [5.41, 5.74) is 2.32. The van der Waals surface area contributed by atoms with Crippen molar-refractivity contribution >= 4 is 11.6 Å². The van der Waals surface area contributed by atoms with Gasteiger partial charge in [-0.3, -0.25) is 9.48 Å². The molecule has 9 nitrogen and oxygen atoms in total. The summed E-state index contributed by atoms with van der Waals surface area (Å²) in [5.74, 6) is 1.10. The first-order chi connectivity index (χ1) is 14.7. The van der Waals surface area contributed by atoms with Crippen LogP contribution in [-0.2, 0) is 19.7 Å². The number of nitrogens with one attached hydrogen (secondary N) is 1. The number of carbonyl (C=O) groups is 1. The molecule has 0 radical (unpaired) electrons. The molecule has 0 atom stereocenters. The Morgan fingerprint density at radius 3 is 2.77 bits per heavy atom. The number of tetrazole rings is 1. The SMILES string of the molecule is CCn1nnnc1COc1ccc(C(=O)Nc2cccc(Cn3cccn3)c2)cc1. The first-order valence-electron chi connectivity index (χ1n) is 9.57. The maximum absolute atomic E-state index is 12.6. The number of benzene rings is 2. The predicted octanol–water partition coefficient (Wildman–Crippen LogP) is 2.77. The van der Waals surface area contributed by atoms with E-state index in [0.717, 1.165) is 11.3 Å². The minimum absolute atomic E-state index is 0.187. The molecular formula is C21H21N7O2. The molecule has 9 heteroatoms. The minimum Gasteiger partial charge on any atom is -0.486 e. The Morgan fingerprint density at radius 1 is 1.13 bits per heavy atom. The fourth-order valence-electron chi connectivity index (χ4n) is 2.95. The number of aromatic nitrogens is 6.